The molecule has 0 saturated heterocycles. The van der Waals surface area contributed by atoms with Crippen molar-refractivity contribution >= 4 is 15.9 Å². The second kappa shape index (κ2) is 3.80. The van der Waals surface area contributed by atoms with E-state index in [-0.39, 0.29) is 18.6 Å². The molecule has 3 N–H and O–H groups in total. The molecule has 0 aliphatic heterocycles. The summed E-state index contributed by atoms with van der Waals surface area (Å²) in [6.07, 6.45) is 0.0368. The van der Waals surface area contributed by atoms with Crippen LogP contribution in [0.3, 0.4) is 0 Å². The molecule has 0 radical (unpaired) electrons. The smallest absolute Gasteiger partial charge is 0.280 e. The van der Waals surface area contributed by atoms with Gasteiger partial charge >= 0.3 is 0 Å². The second-order valence-corrected chi connectivity index (χ2v) is 3.93. The van der Waals surface area contributed by atoms with Crippen LogP contribution >= 0.6 is 0 Å². The van der Waals surface area contributed by atoms with E-state index in [9.17, 15) is 13.2 Å². The molecule has 0 aliphatic carbocycles. The quantitative estimate of drug-likeness (QED) is 0.571. The monoisotopic (exact) mass is 181 g/mol. The SMILES string of the molecule is CC(=O)CCC(N)S(=O)(=O)O. The number of carbonyl (C=O) groups is 1. The van der Waals surface area contributed by atoms with Gasteiger partial charge in [0.2, 0.25) is 0 Å². The number of rotatable bonds is 4. The highest BCUT2D eigenvalue weighted by atomic mass is 32.2. The number of hydrogen-bond donors (Lipinski definition) is 2. The second-order valence-electron chi connectivity index (χ2n) is 2.29. The summed E-state index contributed by atoms with van der Waals surface area (Å²) in [5, 5.41) is -1.34. The van der Waals surface area contributed by atoms with Crippen LogP contribution < -0.4 is 5.73 Å². The van der Waals surface area contributed by atoms with Gasteiger partial charge in [0.25, 0.3) is 10.1 Å². The van der Waals surface area contributed by atoms with Crippen LogP contribution in [0, 0.1) is 0 Å². The average molecular weight is 181 g/mol. The summed E-state index contributed by atoms with van der Waals surface area (Å²) in [5.74, 6) is -0.149. The van der Waals surface area contributed by atoms with Crippen LogP contribution in [0.25, 0.3) is 0 Å². The first-order valence-electron chi connectivity index (χ1n) is 3.05. The van der Waals surface area contributed by atoms with Crippen LogP contribution in [0.2, 0.25) is 0 Å². The molecular formula is C5H11NO4S. The van der Waals surface area contributed by atoms with E-state index < -0.39 is 15.5 Å². The topological polar surface area (TPSA) is 97.5 Å². The van der Waals surface area contributed by atoms with Crippen LogP contribution in [-0.2, 0) is 14.9 Å². The van der Waals surface area contributed by atoms with Crippen LogP contribution in [0.4, 0.5) is 0 Å². The summed E-state index contributed by atoms with van der Waals surface area (Å²) in [7, 11) is -4.17. The Balaban J connectivity index is 3.90. The van der Waals surface area contributed by atoms with E-state index in [1.54, 1.807) is 0 Å². The van der Waals surface area contributed by atoms with Crippen molar-refractivity contribution in [2.45, 2.75) is 25.1 Å². The summed E-state index contributed by atoms with van der Waals surface area (Å²) < 4.78 is 28.9. The predicted octanol–water partition coefficient (Wildman–Crippen LogP) is -0.472. The minimum Gasteiger partial charge on any atom is -0.313 e. The fraction of sp³-hybridized carbons (Fsp3) is 0.800. The van der Waals surface area contributed by atoms with E-state index in [4.69, 9.17) is 10.3 Å². The van der Waals surface area contributed by atoms with Gasteiger partial charge in [-0.1, -0.05) is 0 Å². The van der Waals surface area contributed by atoms with Crippen molar-refractivity contribution in [2.24, 2.45) is 5.73 Å². The molecule has 0 aromatic carbocycles. The molecule has 5 nitrogen and oxygen atoms in total. The van der Waals surface area contributed by atoms with E-state index in [2.05, 4.69) is 0 Å². The van der Waals surface area contributed by atoms with E-state index in [0.717, 1.165) is 0 Å². The Morgan fingerprint density at radius 3 is 2.36 bits per heavy atom. The maximum atomic E-state index is 10.3. The standard InChI is InChI=1S/C5H11NO4S/c1-4(7)2-3-5(6)11(8,9)10/h5H,2-3,6H2,1H3,(H,8,9,10). The van der Waals surface area contributed by atoms with Gasteiger partial charge in [-0.25, -0.2) is 0 Å². The fourth-order valence-electron chi connectivity index (χ4n) is 0.494. The van der Waals surface area contributed by atoms with Gasteiger partial charge in [0, 0.05) is 6.42 Å². The molecule has 1 atom stereocenters. The lowest BCUT2D eigenvalue weighted by atomic mass is 10.2. The van der Waals surface area contributed by atoms with Crippen LogP contribution in [0.5, 0.6) is 0 Å². The Morgan fingerprint density at radius 1 is 1.64 bits per heavy atom. The minimum atomic E-state index is -4.17. The van der Waals surface area contributed by atoms with Crippen LogP contribution in [-0.4, -0.2) is 24.1 Å². The highest BCUT2D eigenvalue weighted by Crippen LogP contribution is 2.00. The Labute approximate surface area is 65.3 Å². The number of ketones is 1. The van der Waals surface area contributed by atoms with Crippen LogP contribution in [0.15, 0.2) is 0 Å². The van der Waals surface area contributed by atoms with Gasteiger partial charge in [0.05, 0.1) is 0 Å². The zero-order valence-corrected chi connectivity index (χ0v) is 6.97. The molecule has 0 aliphatic rings. The van der Waals surface area contributed by atoms with Gasteiger partial charge < -0.3 is 10.5 Å². The summed E-state index contributed by atoms with van der Waals surface area (Å²) >= 11 is 0. The molecule has 0 saturated carbocycles. The maximum absolute atomic E-state index is 10.3. The van der Waals surface area contributed by atoms with E-state index in [1.807, 2.05) is 0 Å². The molecule has 0 aromatic rings. The molecule has 0 fully saturated rings. The van der Waals surface area contributed by atoms with Gasteiger partial charge in [-0.05, 0) is 13.3 Å². The summed E-state index contributed by atoms with van der Waals surface area (Å²) in [5.41, 5.74) is 5.01. The Hall–Kier alpha value is -0.460. The van der Waals surface area contributed by atoms with Crippen molar-refractivity contribution in [3.05, 3.63) is 0 Å². The normalized spacial score (nSPS) is 14.5. The molecular weight excluding hydrogens is 170 g/mol. The highest BCUT2D eigenvalue weighted by molar-refractivity contribution is 7.86. The van der Waals surface area contributed by atoms with Crippen LogP contribution in [0.1, 0.15) is 19.8 Å². The van der Waals surface area contributed by atoms with Gasteiger partial charge in [-0.15, -0.1) is 0 Å². The van der Waals surface area contributed by atoms with Gasteiger partial charge in [0.1, 0.15) is 11.2 Å². The Morgan fingerprint density at radius 2 is 2.09 bits per heavy atom. The Kier molecular flexibility index (Phi) is 3.64. The van der Waals surface area contributed by atoms with E-state index in [1.165, 1.54) is 6.92 Å². The third-order valence-electron chi connectivity index (χ3n) is 1.16. The minimum absolute atomic E-state index is 0.0336. The summed E-state index contributed by atoms with van der Waals surface area (Å²) in [6, 6.07) is 0. The zero-order chi connectivity index (χ0) is 9.07. The molecule has 0 bridgehead atoms. The number of carbonyl (C=O) groups excluding carboxylic acids is 1. The molecule has 11 heavy (non-hydrogen) atoms. The largest absolute Gasteiger partial charge is 0.313 e. The van der Waals surface area contributed by atoms with E-state index in [0.29, 0.717) is 0 Å². The van der Waals surface area contributed by atoms with Crippen molar-refractivity contribution in [3.63, 3.8) is 0 Å². The molecule has 6 heteroatoms. The average Bonchev–Trinajstić information content (AvgIpc) is 1.80. The third kappa shape index (κ3) is 4.88. The zero-order valence-electron chi connectivity index (χ0n) is 6.15. The molecule has 1 unspecified atom stereocenters. The van der Waals surface area contributed by atoms with Crippen molar-refractivity contribution in [1.29, 1.82) is 0 Å². The summed E-state index contributed by atoms with van der Waals surface area (Å²) in [4.78, 5) is 10.3. The van der Waals surface area contributed by atoms with Gasteiger partial charge in [0.15, 0.2) is 0 Å². The van der Waals surface area contributed by atoms with Gasteiger partial charge in [-0.3, -0.25) is 4.55 Å². The molecule has 0 amide bonds. The molecule has 66 valence electrons. The van der Waals surface area contributed by atoms with Crippen molar-refractivity contribution < 1.29 is 17.8 Å². The predicted molar refractivity (Wildman–Crippen MR) is 39.4 cm³/mol. The number of Topliss-reactive ketones (excluding diaryl/α,β-unsaturated/α-hetero) is 1. The number of nitrogens with two attached hydrogens (primary N) is 1. The lowest BCUT2D eigenvalue weighted by Gasteiger charge is -2.04. The maximum Gasteiger partial charge on any atom is 0.280 e. The number of hydrogen-bond acceptors (Lipinski definition) is 4. The first-order valence-corrected chi connectivity index (χ1v) is 4.55. The lowest BCUT2D eigenvalue weighted by Crippen LogP contribution is -2.30. The van der Waals surface area contributed by atoms with Crippen molar-refractivity contribution in [1.82, 2.24) is 0 Å². The lowest BCUT2D eigenvalue weighted by molar-refractivity contribution is -0.117. The van der Waals surface area contributed by atoms with Crippen molar-refractivity contribution in [3.8, 4) is 0 Å². The first-order chi connectivity index (χ1) is 4.84. The molecule has 0 aromatic heterocycles. The molecule has 0 rings (SSSR count). The highest BCUT2D eigenvalue weighted by Gasteiger charge is 2.17. The molecule has 0 spiro atoms. The molecule has 0 heterocycles. The van der Waals surface area contributed by atoms with E-state index >= 15 is 0 Å². The Bertz CT molecular complexity index is 233. The van der Waals surface area contributed by atoms with Crippen molar-refractivity contribution in [2.75, 3.05) is 0 Å². The first kappa shape index (κ1) is 10.5. The third-order valence-corrected chi connectivity index (χ3v) is 2.16. The van der Waals surface area contributed by atoms with Gasteiger partial charge in [-0.2, -0.15) is 8.42 Å². The fourth-order valence-corrected chi connectivity index (χ4v) is 0.910. The summed E-state index contributed by atoms with van der Waals surface area (Å²) in [6.45, 7) is 1.33.